The number of hydrogen-bond donors (Lipinski definition) is 1. The van der Waals surface area contributed by atoms with Crippen LogP contribution in [0.4, 0.5) is 0 Å². The molecule has 0 radical (unpaired) electrons. The van der Waals surface area contributed by atoms with Gasteiger partial charge in [-0.2, -0.15) is 0 Å². The lowest BCUT2D eigenvalue weighted by atomic mass is 9.75. The van der Waals surface area contributed by atoms with Crippen molar-refractivity contribution in [2.75, 3.05) is 26.7 Å². The molecule has 2 N–H and O–H groups in total. The highest BCUT2D eigenvalue weighted by atomic mass is 16.5. The predicted octanol–water partition coefficient (Wildman–Crippen LogP) is 2.61. The van der Waals surface area contributed by atoms with Crippen LogP contribution in [-0.4, -0.2) is 37.2 Å². The number of methoxy groups -OCH3 is 1. The lowest BCUT2D eigenvalue weighted by Crippen LogP contribution is -2.59. The van der Waals surface area contributed by atoms with Gasteiger partial charge in [-0.15, -0.1) is 0 Å². The summed E-state index contributed by atoms with van der Waals surface area (Å²) in [7, 11) is 1.74. The highest BCUT2D eigenvalue weighted by Crippen LogP contribution is 2.36. The summed E-state index contributed by atoms with van der Waals surface area (Å²) in [6, 6.07) is 6.52. The molecule has 1 aromatic rings. The molecule has 3 nitrogen and oxygen atoms in total. The van der Waals surface area contributed by atoms with E-state index in [0.29, 0.717) is 0 Å². The first-order valence-electron chi connectivity index (χ1n) is 8.28. The van der Waals surface area contributed by atoms with Gasteiger partial charge in [-0.05, 0) is 67.8 Å². The van der Waals surface area contributed by atoms with E-state index in [9.17, 15) is 0 Å². The van der Waals surface area contributed by atoms with Gasteiger partial charge in [0.1, 0.15) is 5.75 Å². The van der Waals surface area contributed by atoms with Crippen LogP contribution in [0.25, 0.3) is 0 Å². The number of hydrogen-bond acceptors (Lipinski definition) is 3. The van der Waals surface area contributed by atoms with E-state index in [2.05, 4.69) is 30.0 Å². The van der Waals surface area contributed by atoms with Crippen LogP contribution in [0.2, 0.25) is 0 Å². The van der Waals surface area contributed by atoms with E-state index < -0.39 is 0 Å². The molecule has 2 atom stereocenters. The van der Waals surface area contributed by atoms with Gasteiger partial charge in [0.05, 0.1) is 7.11 Å². The van der Waals surface area contributed by atoms with E-state index in [1.54, 1.807) is 7.11 Å². The number of rotatable bonds is 3. The van der Waals surface area contributed by atoms with Crippen molar-refractivity contribution < 1.29 is 4.74 Å². The van der Waals surface area contributed by atoms with Crippen molar-refractivity contribution in [3.63, 3.8) is 0 Å². The molecule has 1 aliphatic heterocycles. The summed E-state index contributed by atoms with van der Waals surface area (Å²) in [5, 5.41) is 0. The van der Waals surface area contributed by atoms with Crippen molar-refractivity contribution in [2.45, 2.75) is 44.6 Å². The fourth-order valence-corrected chi connectivity index (χ4v) is 4.14. The average molecular weight is 288 g/mol. The zero-order chi connectivity index (χ0) is 14.9. The third kappa shape index (κ3) is 2.82. The Morgan fingerprint density at radius 2 is 2.24 bits per heavy atom. The van der Waals surface area contributed by atoms with Crippen molar-refractivity contribution in [3.8, 4) is 5.75 Å². The number of benzene rings is 1. The first kappa shape index (κ1) is 14.9. The van der Waals surface area contributed by atoms with Gasteiger partial charge in [0.2, 0.25) is 0 Å². The quantitative estimate of drug-likeness (QED) is 0.929. The summed E-state index contributed by atoms with van der Waals surface area (Å²) in [5.74, 6) is 1.77. The molecule has 116 valence electrons. The standard InChI is InChI=1S/C18H28N2O/c1-14-4-3-9-20(12-14)18(13-19)8-7-15-5-6-17(21-2)10-16(15)11-18/h5-6,10,14H,3-4,7-9,11-13,19H2,1-2H3. The van der Waals surface area contributed by atoms with Crippen LogP contribution in [0.5, 0.6) is 5.75 Å². The number of likely N-dealkylation sites (tertiary alicyclic amines) is 1. The van der Waals surface area contributed by atoms with E-state index in [0.717, 1.165) is 31.1 Å². The molecule has 1 heterocycles. The first-order chi connectivity index (χ1) is 10.2. The highest BCUT2D eigenvalue weighted by molar-refractivity contribution is 5.39. The minimum absolute atomic E-state index is 0.161. The molecular weight excluding hydrogens is 260 g/mol. The van der Waals surface area contributed by atoms with Crippen molar-refractivity contribution in [1.82, 2.24) is 4.90 Å². The number of piperidine rings is 1. The van der Waals surface area contributed by atoms with Crippen molar-refractivity contribution in [1.29, 1.82) is 0 Å². The Morgan fingerprint density at radius 1 is 1.38 bits per heavy atom. The lowest BCUT2D eigenvalue weighted by molar-refractivity contribution is 0.0404. The van der Waals surface area contributed by atoms with Gasteiger partial charge in [0.25, 0.3) is 0 Å². The van der Waals surface area contributed by atoms with Crippen molar-refractivity contribution >= 4 is 0 Å². The minimum Gasteiger partial charge on any atom is -0.497 e. The number of fused-ring (bicyclic) bond motifs is 1. The lowest BCUT2D eigenvalue weighted by Gasteiger charge is -2.49. The summed E-state index contributed by atoms with van der Waals surface area (Å²) in [5.41, 5.74) is 9.34. The maximum Gasteiger partial charge on any atom is 0.119 e. The van der Waals surface area contributed by atoms with Crippen LogP contribution in [0.15, 0.2) is 18.2 Å². The van der Waals surface area contributed by atoms with Crippen LogP contribution < -0.4 is 10.5 Å². The fraction of sp³-hybridized carbons (Fsp3) is 0.667. The summed E-state index contributed by atoms with van der Waals surface area (Å²) in [6.45, 7) is 5.55. The molecule has 3 heteroatoms. The normalized spacial score (nSPS) is 30.0. The van der Waals surface area contributed by atoms with Crippen LogP contribution in [0.1, 0.15) is 37.3 Å². The maximum atomic E-state index is 6.27. The van der Waals surface area contributed by atoms with E-state index in [4.69, 9.17) is 10.5 Å². The van der Waals surface area contributed by atoms with Crippen LogP contribution >= 0.6 is 0 Å². The first-order valence-corrected chi connectivity index (χ1v) is 8.28. The molecule has 0 aromatic heterocycles. The SMILES string of the molecule is COc1ccc2c(c1)CC(CN)(N1CCCC(C)C1)CC2. The Hall–Kier alpha value is -1.06. The van der Waals surface area contributed by atoms with Gasteiger partial charge in [0.15, 0.2) is 0 Å². The van der Waals surface area contributed by atoms with E-state index in [1.165, 1.54) is 43.5 Å². The van der Waals surface area contributed by atoms with Crippen LogP contribution in [0, 0.1) is 5.92 Å². The molecule has 0 saturated carbocycles. The predicted molar refractivity (Wildman–Crippen MR) is 86.8 cm³/mol. The van der Waals surface area contributed by atoms with E-state index >= 15 is 0 Å². The molecule has 2 aliphatic rings. The molecule has 1 fully saturated rings. The largest absolute Gasteiger partial charge is 0.497 e. The van der Waals surface area contributed by atoms with Gasteiger partial charge >= 0.3 is 0 Å². The monoisotopic (exact) mass is 288 g/mol. The van der Waals surface area contributed by atoms with Gasteiger partial charge in [-0.3, -0.25) is 4.90 Å². The average Bonchev–Trinajstić information content (AvgIpc) is 2.53. The second kappa shape index (κ2) is 5.98. The number of ether oxygens (including phenoxy) is 1. The molecule has 0 spiro atoms. The maximum absolute atomic E-state index is 6.27. The highest BCUT2D eigenvalue weighted by Gasteiger charge is 2.40. The molecule has 3 rings (SSSR count). The molecule has 1 saturated heterocycles. The van der Waals surface area contributed by atoms with Crippen LogP contribution in [0.3, 0.4) is 0 Å². The Morgan fingerprint density at radius 3 is 2.95 bits per heavy atom. The third-order valence-corrected chi connectivity index (χ3v) is 5.50. The smallest absolute Gasteiger partial charge is 0.119 e. The number of nitrogens with two attached hydrogens (primary N) is 1. The summed E-state index contributed by atoms with van der Waals surface area (Å²) in [4.78, 5) is 2.68. The van der Waals surface area contributed by atoms with Gasteiger partial charge in [-0.25, -0.2) is 0 Å². The third-order valence-electron chi connectivity index (χ3n) is 5.50. The second-order valence-corrected chi connectivity index (χ2v) is 6.93. The zero-order valence-electron chi connectivity index (χ0n) is 13.4. The van der Waals surface area contributed by atoms with Crippen molar-refractivity contribution in [2.24, 2.45) is 11.7 Å². The number of nitrogens with zero attached hydrogens (tertiary/aromatic N) is 1. The summed E-state index contributed by atoms with van der Waals surface area (Å²) < 4.78 is 5.40. The summed E-state index contributed by atoms with van der Waals surface area (Å²) >= 11 is 0. The topological polar surface area (TPSA) is 38.5 Å². The molecule has 21 heavy (non-hydrogen) atoms. The fourth-order valence-electron chi connectivity index (χ4n) is 4.14. The van der Waals surface area contributed by atoms with Gasteiger partial charge in [0, 0.05) is 18.6 Å². The second-order valence-electron chi connectivity index (χ2n) is 6.93. The Labute approximate surface area is 128 Å². The Kier molecular flexibility index (Phi) is 4.23. The Bertz CT molecular complexity index is 502. The summed E-state index contributed by atoms with van der Waals surface area (Å²) in [6.07, 6.45) is 6.08. The van der Waals surface area contributed by atoms with Gasteiger partial charge < -0.3 is 10.5 Å². The molecule has 0 bridgehead atoms. The van der Waals surface area contributed by atoms with Crippen molar-refractivity contribution in [3.05, 3.63) is 29.3 Å². The van der Waals surface area contributed by atoms with E-state index in [-0.39, 0.29) is 5.54 Å². The molecule has 2 unspecified atom stereocenters. The molecule has 1 aromatic carbocycles. The molecule has 0 amide bonds. The van der Waals surface area contributed by atoms with Gasteiger partial charge in [-0.1, -0.05) is 13.0 Å². The van der Waals surface area contributed by atoms with E-state index in [1.807, 2.05) is 0 Å². The number of aryl methyl sites for hydroxylation is 1. The molecular formula is C18H28N2O. The zero-order valence-corrected chi connectivity index (χ0v) is 13.4. The minimum atomic E-state index is 0.161. The molecule has 1 aliphatic carbocycles. The Balaban J connectivity index is 1.86. The van der Waals surface area contributed by atoms with Crippen LogP contribution in [-0.2, 0) is 12.8 Å².